The number of nitrogens with zero attached hydrogens (tertiary/aromatic N) is 1. The van der Waals surface area contributed by atoms with Crippen molar-refractivity contribution in [2.45, 2.75) is 51.9 Å². The minimum atomic E-state index is -1.74. The van der Waals surface area contributed by atoms with Gasteiger partial charge < -0.3 is 14.6 Å². The number of allylic oxidation sites excluding steroid dienone is 1. The average Bonchev–Trinajstić information content (AvgIpc) is 3.11. The number of carbonyl (C=O) groups is 3. The second-order valence-corrected chi connectivity index (χ2v) is 6.73. The normalized spacial score (nSPS) is 31.8. The standard InChI is InChI=1S/C18H21NO6/c1-4-11-7-10(2)18(3,23)17(22)24-9-12-5-6-19-14(20)8-13(15(12)19)25-16(11)21/h4-6,10,13,23H,7-9H2,1-3H3/t10-,13-,18+/m0/s1. The zero-order chi connectivity index (χ0) is 18.4. The van der Waals surface area contributed by atoms with Crippen molar-refractivity contribution in [1.29, 1.82) is 0 Å². The average molecular weight is 347 g/mol. The lowest BCUT2D eigenvalue weighted by atomic mass is 9.85. The third-order valence-corrected chi connectivity index (χ3v) is 5.06. The van der Waals surface area contributed by atoms with Crippen LogP contribution in [0.3, 0.4) is 0 Å². The molecule has 25 heavy (non-hydrogen) atoms. The number of hydrogen-bond acceptors (Lipinski definition) is 6. The van der Waals surface area contributed by atoms with Gasteiger partial charge in [0.2, 0.25) is 5.91 Å². The van der Waals surface area contributed by atoms with Crippen LogP contribution in [-0.2, 0) is 25.7 Å². The molecule has 0 unspecified atom stereocenters. The van der Waals surface area contributed by atoms with Crippen molar-refractivity contribution >= 4 is 17.8 Å². The van der Waals surface area contributed by atoms with Gasteiger partial charge in [0.1, 0.15) is 6.61 Å². The molecule has 0 fully saturated rings. The van der Waals surface area contributed by atoms with Gasteiger partial charge in [0.15, 0.2) is 11.7 Å². The number of esters is 2. The summed E-state index contributed by atoms with van der Waals surface area (Å²) in [6, 6.07) is 1.65. The molecule has 134 valence electrons. The van der Waals surface area contributed by atoms with E-state index in [4.69, 9.17) is 9.47 Å². The van der Waals surface area contributed by atoms with E-state index in [9.17, 15) is 19.5 Å². The van der Waals surface area contributed by atoms with Gasteiger partial charge in [0.25, 0.3) is 0 Å². The van der Waals surface area contributed by atoms with Gasteiger partial charge in [-0.3, -0.25) is 9.36 Å². The molecule has 1 aromatic rings. The maximum atomic E-state index is 12.5. The van der Waals surface area contributed by atoms with E-state index >= 15 is 0 Å². The first-order valence-corrected chi connectivity index (χ1v) is 8.24. The maximum absolute atomic E-state index is 12.5. The Morgan fingerprint density at radius 3 is 2.72 bits per heavy atom. The molecule has 0 amide bonds. The number of rotatable bonds is 0. The predicted octanol–water partition coefficient (Wildman–Crippen LogP) is 1.90. The first-order chi connectivity index (χ1) is 11.8. The fourth-order valence-electron chi connectivity index (χ4n) is 3.18. The van der Waals surface area contributed by atoms with Crippen molar-refractivity contribution in [3.05, 3.63) is 35.2 Å². The molecule has 7 nitrogen and oxygen atoms in total. The molecule has 3 atom stereocenters. The van der Waals surface area contributed by atoms with Crippen LogP contribution in [-0.4, -0.2) is 33.1 Å². The van der Waals surface area contributed by atoms with Crippen LogP contribution in [0.4, 0.5) is 0 Å². The molecule has 0 aromatic carbocycles. The SMILES string of the molecule is CC=C1C[C@H](C)[C@@](C)(O)C(=O)OCc2ccn3c2[C@H](CC3=O)OC1=O. The Morgan fingerprint density at radius 1 is 1.32 bits per heavy atom. The fraction of sp³-hybridized carbons (Fsp3) is 0.500. The van der Waals surface area contributed by atoms with Gasteiger partial charge in [0, 0.05) is 17.3 Å². The smallest absolute Gasteiger partial charge is 0.338 e. The molecule has 0 saturated carbocycles. The van der Waals surface area contributed by atoms with Gasteiger partial charge in [-0.1, -0.05) is 13.0 Å². The summed E-state index contributed by atoms with van der Waals surface area (Å²) in [4.78, 5) is 37.0. The summed E-state index contributed by atoms with van der Waals surface area (Å²) >= 11 is 0. The highest BCUT2D eigenvalue weighted by atomic mass is 16.6. The number of hydrogen-bond donors (Lipinski definition) is 1. The third-order valence-electron chi connectivity index (χ3n) is 5.06. The fourth-order valence-corrected chi connectivity index (χ4v) is 3.18. The van der Waals surface area contributed by atoms with Crippen molar-refractivity contribution in [3.63, 3.8) is 0 Å². The van der Waals surface area contributed by atoms with Crippen molar-refractivity contribution in [3.8, 4) is 0 Å². The zero-order valence-electron chi connectivity index (χ0n) is 14.4. The Hall–Kier alpha value is -2.41. The van der Waals surface area contributed by atoms with Gasteiger partial charge in [-0.05, 0) is 32.3 Å². The van der Waals surface area contributed by atoms with Gasteiger partial charge in [-0.25, -0.2) is 9.59 Å². The third kappa shape index (κ3) is 2.89. The Kier molecular flexibility index (Phi) is 4.28. The number of carbonyl (C=O) groups excluding carboxylic acids is 3. The highest BCUT2D eigenvalue weighted by molar-refractivity contribution is 5.90. The molecule has 0 radical (unpaired) electrons. The van der Waals surface area contributed by atoms with Crippen LogP contribution in [0.15, 0.2) is 23.9 Å². The number of aliphatic hydroxyl groups is 1. The molecular formula is C18H21NO6. The predicted molar refractivity (Wildman–Crippen MR) is 86.5 cm³/mol. The van der Waals surface area contributed by atoms with Crippen LogP contribution in [0, 0.1) is 5.92 Å². The Morgan fingerprint density at radius 2 is 2.04 bits per heavy atom. The molecule has 3 rings (SSSR count). The first-order valence-electron chi connectivity index (χ1n) is 8.24. The molecule has 7 heteroatoms. The van der Waals surface area contributed by atoms with Gasteiger partial charge >= 0.3 is 11.9 Å². The lowest BCUT2D eigenvalue weighted by molar-refractivity contribution is -0.171. The molecular weight excluding hydrogens is 326 g/mol. The van der Waals surface area contributed by atoms with Crippen molar-refractivity contribution in [2.75, 3.05) is 0 Å². The highest BCUT2D eigenvalue weighted by Gasteiger charge is 2.41. The van der Waals surface area contributed by atoms with Crippen molar-refractivity contribution in [1.82, 2.24) is 4.57 Å². The summed E-state index contributed by atoms with van der Waals surface area (Å²) in [5.41, 5.74) is -0.288. The van der Waals surface area contributed by atoms with Gasteiger partial charge in [-0.2, -0.15) is 0 Å². The molecule has 0 bridgehead atoms. The largest absolute Gasteiger partial charge is 0.459 e. The molecule has 0 saturated heterocycles. The quantitative estimate of drug-likeness (QED) is 0.569. The molecule has 0 spiro atoms. The zero-order valence-corrected chi connectivity index (χ0v) is 14.4. The minimum Gasteiger partial charge on any atom is -0.459 e. The van der Waals surface area contributed by atoms with E-state index < -0.39 is 29.6 Å². The highest BCUT2D eigenvalue weighted by Crippen LogP contribution is 2.36. The van der Waals surface area contributed by atoms with E-state index in [1.54, 1.807) is 32.2 Å². The summed E-state index contributed by atoms with van der Waals surface area (Å²) in [5, 5.41) is 10.5. The van der Waals surface area contributed by atoms with Gasteiger partial charge in [0.05, 0.1) is 12.1 Å². The molecule has 3 heterocycles. The van der Waals surface area contributed by atoms with Gasteiger partial charge in [-0.15, -0.1) is 0 Å². The van der Waals surface area contributed by atoms with Crippen LogP contribution in [0.5, 0.6) is 0 Å². The van der Waals surface area contributed by atoms with E-state index in [1.807, 2.05) is 0 Å². The van der Waals surface area contributed by atoms with Crippen molar-refractivity contribution < 1.29 is 29.0 Å². The second-order valence-electron chi connectivity index (χ2n) is 6.73. The lowest BCUT2D eigenvalue weighted by Crippen LogP contribution is -2.43. The Balaban J connectivity index is 2.03. The van der Waals surface area contributed by atoms with E-state index in [2.05, 4.69) is 0 Å². The minimum absolute atomic E-state index is 0.0626. The van der Waals surface area contributed by atoms with E-state index in [-0.39, 0.29) is 25.4 Å². The Labute approximate surface area is 145 Å². The molecule has 1 aromatic heterocycles. The maximum Gasteiger partial charge on any atom is 0.338 e. The molecule has 2 aliphatic rings. The topological polar surface area (TPSA) is 94.8 Å². The molecule has 2 aliphatic heterocycles. The van der Waals surface area contributed by atoms with Crippen LogP contribution in [0.1, 0.15) is 55.8 Å². The number of ether oxygens (including phenoxy) is 2. The second kappa shape index (κ2) is 6.15. The monoisotopic (exact) mass is 347 g/mol. The van der Waals surface area contributed by atoms with Crippen LogP contribution >= 0.6 is 0 Å². The number of aromatic nitrogens is 1. The van der Waals surface area contributed by atoms with E-state index in [0.717, 1.165) is 0 Å². The summed E-state index contributed by atoms with van der Waals surface area (Å²) in [6.07, 6.45) is 2.70. The molecule has 1 N–H and O–H groups in total. The summed E-state index contributed by atoms with van der Waals surface area (Å²) < 4.78 is 12.2. The van der Waals surface area contributed by atoms with Crippen molar-refractivity contribution in [2.24, 2.45) is 5.92 Å². The summed E-state index contributed by atoms with van der Waals surface area (Å²) in [5.74, 6) is -2.03. The Bertz CT molecular complexity index is 773. The van der Waals surface area contributed by atoms with Crippen LogP contribution < -0.4 is 0 Å². The summed E-state index contributed by atoms with van der Waals surface area (Å²) in [7, 11) is 0. The van der Waals surface area contributed by atoms with Crippen LogP contribution in [0.2, 0.25) is 0 Å². The van der Waals surface area contributed by atoms with E-state index in [1.165, 1.54) is 11.5 Å². The lowest BCUT2D eigenvalue weighted by Gasteiger charge is -2.29. The number of cyclic esters (lactones) is 1. The first kappa shape index (κ1) is 17.4. The summed E-state index contributed by atoms with van der Waals surface area (Å²) in [6.45, 7) is 4.64. The molecule has 0 aliphatic carbocycles. The van der Waals surface area contributed by atoms with Crippen LogP contribution in [0.25, 0.3) is 0 Å². The van der Waals surface area contributed by atoms with E-state index in [0.29, 0.717) is 16.8 Å².